The number of carbonyl (C=O) groups is 1. The van der Waals surface area contributed by atoms with E-state index in [4.69, 9.17) is 4.99 Å². The smallest absolute Gasteiger partial charge is 0.306 e. The Labute approximate surface area is 144 Å². The Hall–Kier alpha value is -3.28. The summed E-state index contributed by atoms with van der Waals surface area (Å²) in [5, 5.41) is 17.7. The fraction of sp³-hybridized carbons (Fsp3) is 0.158. The van der Waals surface area contributed by atoms with Gasteiger partial charge >= 0.3 is 5.97 Å². The lowest BCUT2D eigenvalue weighted by Crippen LogP contribution is -2.10. The average Bonchev–Trinajstić information content (AvgIpc) is 2.94. The number of rotatable bonds is 3. The van der Waals surface area contributed by atoms with E-state index in [1.165, 1.54) is 0 Å². The zero-order valence-electron chi connectivity index (χ0n) is 13.6. The summed E-state index contributed by atoms with van der Waals surface area (Å²) in [4.78, 5) is 16.2. The highest BCUT2D eigenvalue weighted by atomic mass is 16.4. The third kappa shape index (κ3) is 2.61. The summed E-state index contributed by atoms with van der Waals surface area (Å²) in [6.07, 6.45) is -0.136. The maximum atomic E-state index is 11.4. The molecule has 4 rings (SSSR count). The van der Waals surface area contributed by atoms with Crippen LogP contribution in [0.15, 0.2) is 59.6 Å². The largest absolute Gasteiger partial charge is 0.481 e. The zero-order valence-corrected chi connectivity index (χ0v) is 13.6. The van der Waals surface area contributed by atoms with Crippen molar-refractivity contribution in [3.05, 3.63) is 77.4 Å². The standard InChI is InChI=1S/C19H16N4O2/c1-12-21-22-19-15(11-17(24)25)20-18(13-7-3-2-4-8-13)14-9-5-6-10-16(14)23(12)19/h2-10,15H,11H2,1H3,(H,24,25). The van der Waals surface area contributed by atoms with E-state index in [0.717, 1.165) is 22.5 Å². The van der Waals surface area contributed by atoms with Gasteiger partial charge in [-0.3, -0.25) is 14.4 Å². The van der Waals surface area contributed by atoms with Crippen molar-refractivity contribution in [1.82, 2.24) is 14.8 Å². The highest BCUT2D eigenvalue weighted by molar-refractivity contribution is 6.15. The number of hydrogen-bond acceptors (Lipinski definition) is 4. The molecule has 1 aliphatic heterocycles. The number of carboxylic acids is 1. The van der Waals surface area contributed by atoms with Gasteiger partial charge in [-0.05, 0) is 13.0 Å². The molecule has 0 fully saturated rings. The summed E-state index contributed by atoms with van der Waals surface area (Å²) in [5.74, 6) is 0.347. The summed E-state index contributed by atoms with van der Waals surface area (Å²) in [5.41, 5.74) is 3.57. The molecule has 2 heterocycles. The molecule has 25 heavy (non-hydrogen) atoms. The third-order valence-electron chi connectivity index (χ3n) is 4.25. The van der Waals surface area contributed by atoms with Crippen LogP contribution in [-0.2, 0) is 4.79 Å². The number of hydrogen-bond donors (Lipinski definition) is 1. The van der Waals surface area contributed by atoms with Crippen LogP contribution >= 0.6 is 0 Å². The minimum Gasteiger partial charge on any atom is -0.481 e. The maximum absolute atomic E-state index is 11.4. The van der Waals surface area contributed by atoms with Gasteiger partial charge in [-0.15, -0.1) is 10.2 Å². The highest BCUT2D eigenvalue weighted by Crippen LogP contribution is 2.32. The van der Waals surface area contributed by atoms with Crippen molar-refractivity contribution in [2.24, 2.45) is 4.99 Å². The topological polar surface area (TPSA) is 80.4 Å². The first kappa shape index (κ1) is 15.3. The van der Waals surface area contributed by atoms with Crippen LogP contribution in [0, 0.1) is 6.92 Å². The number of fused-ring (bicyclic) bond motifs is 3. The number of nitrogens with zero attached hydrogens (tertiary/aromatic N) is 4. The first-order valence-corrected chi connectivity index (χ1v) is 8.02. The molecule has 1 unspecified atom stereocenters. The Kier molecular flexibility index (Phi) is 3.65. The predicted octanol–water partition coefficient (Wildman–Crippen LogP) is 2.94. The maximum Gasteiger partial charge on any atom is 0.306 e. The van der Waals surface area contributed by atoms with E-state index >= 15 is 0 Å². The molecule has 0 aliphatic carbocycles. The van der Waals surface area contributed by atoms with E-state index in [1.54, 1.807) is 0 Å². The number of para-hydroxylation sites is 1. The van der Waals surface area contributed by atoms with Crippen molar-refractivity contribution in [3.63, 3.8) is 0 Å². The van der Waals surface area contributed by atoms with Gasteiger partial charge in [-0.25, -0.2) is 0 Å². The molecule has 6 nitrogen and oxygen atoms in total. The van der Waals surface area contributed by atoms with Gasteiger partial charge in [0.2, 0.25) is 0 Å². The Morgan fingerprint density at radius 2 is 1.80 bits per heavy atom. The first-order chi connectivity index (χ1) is 12.1. The van der Waals surface area contributed by atoms with Crippen molar-refractivity contribution in [3.8, 4) is 5.69 Å². The van der Waals surface area contributed by atoms with Crippen LogP contribution in [0.3, 0.4) is 0 Å². The second-order valence-corrected chi connectivity index (χ2v) is 5.92. The quantitative estimate of drug-likeness (QED) is 0.799. The molecule has 0 spiro atoms. The van der Waals surface area contributed by atoms with Gasteiger partial charge in [0.25, 0.3) is 0 Å². The summed E-state index contributed by atoms with van der Waals surface area (Å²) < 4.78 is 1.91. The van der Waals surface area contributed by atoms with Crippen LogP contribution in [0.1, 0.15) is 35.2 Å². The van der Waals surface area contributed by atoms with Crippen LogP contribution in [0.2, 0.25) is 0 Å². The molecular weight excluding hydrogens is 316 g/mol. The normalized spacial score (nSPS) is 15.7. The van der Waals surface area contributed by atoms with Crippen molar-refractivity contribution in [2.75, 3.05) is 0 Å². The van der Waals surface area contributed by atoms with Gasteiger partial charge in [0, 0.05) is 11.1 Å². The second-order valence-electron chi connectivity index (χ2n) is 5.92. The fourth-order valence-corrected chi connectivity index (χ4v) is 3.17. The summed E-state index contributed by atoms with van der Waals surface area (Å²) >= 11 is 0. The van der Waals surface area contributed by atoms with Gasteiger partial charge < -0.3 is 5.11 Å². The Bertz CT molecular complexity index is 976. The van der Waals surface area contributed by atoms with E-state index in [-0.39, 0.29) is 6.42 Å². The number of aliphatic imine (C=N–C) groups is 1. The molecule has 0 amide bonds. The van der Waals surface area contributed by atoms with Gasteiger partial charge in [-0.2, -0.15) is 0 Å². The number of benzene rings is 2. The molecule has 6 heteroatoms. The summed E-state index contributed by atoms with van der Waals surface area (Å²) in [6, 6.07) is 17.1. The molecule has 1 aromatic heterocycles. The minimum absolute atomic E-state index is 0.136. The SMILES string of the molecule is Cc1nnc2n1-c1ccccc1C(c1ccccc1)=NC2CC(=O)O. The Morgan fingerprint density at radius 3 is 2.56 bits per heavy atom. The molecule has 124 valence electrons. The monoisotopic (exact) mass is 332 g/mol. The molecule has 1 N–H and O–H groups in total. The molecule has 3 aromatic rings. The molecule has 0 saturated heterocycles. The van der Waals surface area contributed by atoms with E-state index in [2.05, 4.69) is 10.2 Å². The Morgan fingerprint density at radius 1 is 1.08 bits per heavy atom. The molecule has 0 saturated carbocycles. The van der Waals surface area contributed by atoms with Crippen molar-refractivity contribution in [2.45, 2.75) is 19.4 Å². The van der Waals surface area contributed by atoms with Crippen LogP contribution in [0.25, 0.3) is 5.69 Å². The Balaban J connectivity index is 2.01. The van der Waals surface area contributed by atoms with Crippen LogP contribution in [0.4, 0.5) is 0 Å². The first-order valence-electron chi connectivity index (χ1n) is 8.02. The molecule has 2 aromatic carbocycles. The fourth-order valence-electron chi connectivity index (χ4n) is 3.17. The molecule has 1 aliphatic rings. The minimum atomic E-state index is -0.917. The van der Waals surface area contributed by atoms with Gasteiger partial charge in [0.15, 0.2) is 5.82 Å². The number of aliphatic carboxylic acids is 1. The number of aromatic nitrogens is 3. The van der Waals surface area contributed by atoms with E-state index in [1.807, 2.05) is 66.1 Å². The van der Waals surface area contributed by atoms with Gasteiger partial charge in [-0.1, -0.05) is 48.5 Å². The lowest BCUT2D eigenvalue weighted by atomic mass is 10.0. The highest BCUT2D eigenvalue weighted by Gasteiger charge is 2.29. The predicted molar refractivity (Wildman–Crippen MR) is 93.2 cm³/mol. The van der Waals surface area contributed by atoms with Crippen LogP contribution in [-0.4, -0.2) is 31.6 Å². The number of carboxylic acid groups (broad SMARTS) is 1. The summed E-state index contributed by atoms with van der Waals surface area (Å²) in [6.45, 7) is 1.86. The molecule has 1 atom stereocenters. The average molecular weight is 332 g/mol. The van der Waals surface area contributed by atoms with Gasteiger partial charge in [0.1, 0.15) is 11.9 Å². The number of aryl methyl sites for hydroxylation is 1. The van der Waals surface area contributed by atoms with E-state index < -0.39 is 12.0 Å². The van der Waals surface area contributed by atoms with Gasteiger partial charge in [0.05, 0.1) is 17.8 Å². The zero-order chi connectivity index (χ0) is 17.4. The van der Waals surface area contributed by atoms with Crippen LogP contribution < -0.4 is 0 Å². The molecular formula is C19H16N4O2. The second kappa shape index (κ2) is 5.98. The lowest BCUT2D eigenvalue weighted by Gasteiger charge is -2.12. The van der Waals surface area contributed by atoms with Crippen molar-refractivity contribution >= 4 is 11.7 Å². The van der Waals surface area contributed by atoms with Crippen LogP contribution in [0.5, 0.6) is 0 Å². The summed E-state index contributed by atoms with van der Waals surface area (Å²) in [7, 11) is 0. The van der Waals surface area contributed by atoms with Crippen molar-refractivity contribution < 1.29 is 9.90 Å². The molecule has 0 radical (unpaired) electrons. The van der Waals surface area contributed by atoms with Crippen molar-refractivity contribution in [1.29, 1.82) is 0 Å². The van der Waals surface area contributed by atoms with E-state index in [0.29, 0.717) is 11.6 Å². The van der Waals surface area contributed by atoms with E-state index in [9.17, 15) is 9.90 Å². The molecule has 0 bridgehead atoms. The lowest BCUT2D eigenvalue weighted by molar-refractivity contribution is -0.137. The third-order valence-corrected chi connectivity index (χ3v) is 4.25.